The van der Waals surface area contributed by atoms with Gasteiger partial charge in [0.2, 0.25) is 5.91 Å². The van der Waals surface area contributed by atoms with Crippen molar-refractivity contribution in [2.75, 3.05) is 13.2 Å². The minimum atomic E-state index is -0.847. The molecule has 0 bridgehead atoms. The lowest BCUT2D eigenvalue weighted by Crippen LogP contribution is -2.38. The first-order valence-electron chi connectivity index (χ1n) is 9.11. The Hall–Kier alpha value is -2.04. The van der Waals surface area contributed by atoms with E-state index in [1.54, 1.807) is 11.8 Å². The van der Waals surface area contributed by atoms with Gasteiger partial charge in [0.25, 0.3) is 0 Å². The fourth-order valence-corrected chi connectivity index (χ4v) is 2.78. The van der Waals surface area contributed by atoms with Crippen molar-refractivity contribution in [1.82, 2.24) is 4.90 Å². The number of aryl methyl sites for hydroxylation is 2. The van der Waals surface area contributed by atoms with Gasteiger partial charge in [-0.05, 0) is 56.7 Å². The van der Waals surface area contributed by atoms with Crippen molar-refractivity contribution in [2.24, 2.45) is 5.92 Å². The van der Waals surface area contributed by atoms with Gasteiger partial charge in [-0.25, -0.2) is 0 Å². The number of ether oxygens (including phenoxy) is 1. The number of amides is 1. The Morgan fingerprint density at radius 1 is 1.28 bits per heavy atom. The number of carbonyl (C=O) groups is 2. The Bertz CT molecular complexity index is 610. The van der Waals surface area contributed by atoms with Gasteiger partial charge in [-0.15, -0.1) is 0 Å². The molecule has 0 spiro atoms. The zero-order valence-electron chi connectivity index (χ0n) is 15.5. The van der Waals surface area contributed by atoms with Crippen LogP contribution in [0.4, 0.5) is 0 Å². The van der Waals surface area contributed by atoms with E-state index in [0.717, 1.165) is 37.0 Å². The molecular weight excluding hydrogens is 318 g/mol. The van der Waals surface area contributed by atoms with Crippen molar-refractivity contribution in [2.45, 2.75) is 58.9 Å². The maximum atomic E-state index is 12.4. The summed E-state index contributed by atoms with van der Waals surface area (Å²) in [5.41, 5.74) is 2.28. The van der Waals surface area contributed by atoms with Gasteiger partial charge in [-0.3, -0.25) is 9.59 Å². The first-order valence-corrected chi connectivity index (χ1v) is 9.11. The second kappa shape index (κ2) is 8.88. The highest BCUT2D eigenvalue weighted by Crippen LogP contribution is 2.28. The summed E-state index contributed by atoms with van der Waals surface area (Å²) in [6, 6.07) is 6.39. The molecule has 1 aromatic carbocycles. The molecule has 1 saturated carbocycles. The highest BCUT2D eigenvalue weighted by molar-refractivity contribution is 5.78. The van der Waals surface area contributed by atoms with Crippen molar-refractivity contribution in [3.8, 4) is 5.75 Å². The summed E-state index contributed by atoms with van der Waals surface area (Å²) >= 11 is 0. The number of carbonyl (C=O) groups excluding carboxylic acids is 1. The Kier molecular flexibility index (Phi) is 6.85. The van der Waals surface area contributed by atoms with E-state index in [2.05, 4.69) is 6.07 Å². The van der Waals surface area contributed by atoms with Crippen LogP contribution in [0.25, 0.3) is 0 Å². The number of carboxylic acids is 1. The second-order valence-corrected chi connectivity index (χ2v) is 7.09. The summed E-state index contributed by atoms with van der Waals surface area (Å²) in [7, 11) is 0. The minimum absolute atomic E-state index is 0.0716. The SMILES string of the molecule is Cc1ccc(C)c(OCCCCC(=O)N(CC(C)C(=O)O)C2CC2)c1. The molecule has 0 aliphatic heterocycles. The highest BCUT2D eigenvalue weighted by Gasteiger charge is 2.33. The molecular formula is C20H29NO4. The van der Waals surface area contributed by atoms with Crippen LogP contribution in [0.1, 0.15) is 50.2 Å². The predicted octanol–water partition coefficient (Wildman–Crippen LogP) is 3.56. The number of unbranched alkanes of at least 4 members (excludes halogenated alkanes) is 1. The Labute approximate surface area is 150 Å². The number of hydrogen-bond donors (Lipinski definition) is 1. The fraction of sp³-hybridized carbons (Fsp3) is 0.600. The molecule has 138 valence electrons. The summed E-state index contributed by atoms with van der Waals surface area (Å²) in [5.74, 6) is -0.388. The summed E-state index contributed by atoms with van der Waals surface area (Å²) in [5, 5.41) is 9.06. The molecule has 0 aromatic heterocycles. The third kappa shape index (κ3) is 6.07. The second-order valence-electron chi connectivity index (χ2n) is 7.09. The quantitative estimate of drug-likeness (QED) is 0.657. The van der Waals surface area contributed by atoms with E-state index in [1.807, 2.05) is 26.0 Å². The lowest BCUT2D eigenvalue weighted by Gasteiger charge is -2.24. The number of carboxylic acid groups (broad SMARTS) is 1. The summed E-state index contributed by atoms with van der Waals surface area (Å²) in [4.78, 5) is 25.2. The van der Waals surface area contributed by atoms with Crippen LogP contribution in [-0.2, 0) is 9.59 Å². The predicted molar refractivity (Wildman–Crippen MR) is 96.8 cm³/mol. The lowest BCUT2D eigenvalue weighted by molar-refractivity contribution is -0.143. The number of nitrogens with zero attached hydrogens (tertiary/aromatic N) is 1. The zero-order chi connectivity index (χ0) is 18.4. The first kappa shape index (κ1) is 19.3. The van der Waals surface area contributed by atoms with Gasteiger partial charge in [0, 0.05) is 19.0 Å². The van der Waals surface area contributed by atoms with Crippen LogP contribution in [0.3, 0.4) is 0 Å². The standard InChI is InChI=1S/C20H29NO4/c1-14-7-8-15(2)18(12-14)25-11-5-4-6-19(22)21(17-9-10-17)13-16(3)20(23)24/h7-8,12,16-17H,4-6,9-11,13H2,1-3H3,(H,23,24). The Morgan fingerprint density at radius 3 is 2.64 bits per heavy atom. The zero-order valence-corrected chi connectivity index (χ0v) is 15.5. The lowest BCUT2D eigenvalue weighted by atomic mass is 10.1. The van der Waals surface area contributed by atoms with E-state index in [9.17, 15) is 9.59 Å². The molecule has 0 saturated heterocycles. The number of benzene rings is 1. The van der Waals surface area contributed by atoms with E-state index < -0.39 is 11.9 Å². The molecule has 1 aliphatic carbocycles. The van der Waals surface area contributed by atoms with E-state index in [4.69, 9.17) is 9.84 Å². The molecule has 2 rings (SSSR count). The molecule has 1 amide bonds. The van der Waals surface area contributed by atoms with Crippen LogP contribution in [0.2, 0.25) is 0 Å². The van der Waals surface area contributed by atoms with E-state index >= 15 is 0 Å². The van der Waals surface area contributed by atoms with Gasteiger partial charge in [-0.1, -0.05) is 19.1 Å². The topological polar surface area (TPSA) is 66.8 Å². The molecule has 5 nitrogen and oxygen atoms in total. The van der Waals surface area contributed by atoms with Crippen LogP contribution in [0.15, 0.2) is 18.2 Å². The number of hydrogen-bond acceptors (Lipinski definition) is 3. The van der Waals surface area contributed by atoms with Crippen LogP contribution < -0.4 is 4.74 Å². The van der Waals surface area contributed by atoms with Gasteiger partial charge in [-0.2, -0.15) is 0 Å². The molecule has 1 atom stereocenters. The molecule has 5 heteroatoms. The van der Waals surface area contributed by atoms with Gasteiger partial charge in [0.15, 0.2) is 0 Å². The van der Waals surface area contributed by atoms with Crippen LogP contribution >= 0.6 is 0 Å². The molecule has 25 heavy (non-hydrogen) atoms. The summed E-state index contributed by atoms with van der Waals surface area (Å²) in [6.07, 6.45) is 4.02. The minimum Gasteiger partial charge on any atom is -0.493 e. The normalized spacial score (nSPS) is 14.8. The highest BCUT2D eigenvalue weighted by atomic mass is 16.5. The molecule has 1 fully saturated rings. The number of rotatable bonds is 10. The van der Waals surface area contributed by atoms with Crippen molar-refractivity contribution in [3.63, 3.8) is 0 Å². The third-order valence-corrected chi connectivity index (χ3v) is 4.59. The number of aliphatic carboxylic acids is 1. The first-order chi connectivity index (χ1) is 11.9. The van der Waals surface area contributed by atoms with E-state index in [0.29, 0.717) is 19.6 Å². The van der Waals surface area contributed by atoms with Crippen LogP contribution in [0, 0.1) is 19.8 Å². The maximum absolute atomic E-state index is 12.4. The molecule has 0 radical (unpaired) electrons. The van der Waals surface area contributed by atoms with E-state index in [-0.39, 0.29) is 11.9 Å². The maximum Gasteiger partial charge on any atom is 0.308 e. The fourth-order valence-electron chi connectivity index (χ4n) is 2.78. The molecule has 0 heterocycles. The average Bonchev–Trinajstić information content (AvgIpc) is 3.39. The van der Waals surface area contributed by atoms with Crippen molar-refractivity contribution >= 4 is 11.9 Å². The third-order valence-electron chi connectivity index (χ3n) is 4.59. The molecule has 1 unspecified atom stereocenters. The van der Waals surface area contributed by atoms with E-state index in [1.165, 1.54) is 5.56 Å². The summed E-state index contributed by atoms with van der Waals surface area (Å²) < 4.78 is 5.81. The van der Waals surface area contributed by atoms with Crippen LogP contribution in [0.5, 0.6) is 5.75 Å². The smallest absolute Gasteiger partial charge is 0.308 e. The van der Waals surface area contributed by atoms with Gasteiger partial charge < -0.3 is 14.7 Å². The molecule has 1 aliphatic rings. The van der Waals surface area contributed by atoms with Gasteiger partial charge in [0.05, 0.1) is 12.5 Å². The monoisotopic (exact) mass is 347 g/mol. The molecule has 1 N–H and O–H groups in total. The average molecular weight is 347 g/mol. The van der Waals surface area contributed by atoms with Crippen LogP contribution in [-0.4, -0.2) is 41.1 Å². The Morgan fingerprint density at radius 2 is 2.00 bits per heavy atom. The van der Waals surface area contributed by atoms with Gasteiger partial charge >= 0.3 is 5.97 Å². The van der Waals surface area contributed by atoms with Crippen molar-refractivity contribution in [1.29, 1.82) is 0 Å². The Balaban J connectivity index is 1.71. The largest absolute Gasteiger partial charge is 0.493 e. The molecule has 1 aromatic rings. The van der Waals surface area contributed by atoms with Gasteiger partial charge in [0.1, 0.15) is 5.75 Å². The summed E-state index contributed by atoms with van der Waals surface area (Å²) in [6.45, 7) is 6.62. The van der Waals surface area contributed by atoms with Crippen molar-refractivity contribution in [3.05, 3.63) is 29.3 Å². The van der Waals surface area contributed by atoms with Crippen molar-refractivity contribution < 1.29 is 19.4 Å².